The first kappa shape index (κ1) is 23.8. The molecule has 0 bridgehead atoms. The molecule has 0 fully saturated rings. The van der Waals surface area contributed by atoms with Crippen LogP contribution >= 0.6 is 7.82 Å². The number of ether oxygens (including phenoxy) is 2. The third-order valence-corrected chi connectivity index (χ3v) is 3.73. The molecule has 0 aliphatic rings. The lowest BCUT2D eigenvalue weighted by Gasteiger charge is -2.17. The van der Waals surface area contributed by atoms with E-state index in [1.54, 1.807) is 6.92 Å². The molecular formula is C15H24NO9P. The number of carbonyl (C=O) groups excluding carboxylic acids is 3. The van der Waals surface area contributed by atoms with Crippen molar-refractivity contribution >= 4 is 25.9 Å². The fraction of sp³-hybridized carbons (Fsp3) is 0.533. The van der Waals surface area contributed by atoms with Crippen LogP contribution in [-0.2, 0) is 37.2 Å². The summed E-state index contributed by atoms with van der Waals surface area (Å²) < 4.78 is 36.4. The number of phosphoric acid groups is 1. The predicted molar refractivity (Wildman–Crippen MR) is 91.2 cm³/mol. The van der Waals surface area contributed by atoms with Crippen LogP contribution in [0.5, 0.6) is 0 Å². The Bertz CT molecular complexity index is 550. The highest BCUT2D eigenvalue weighted by Crippen LogP contribution is 2.49. The smallest absolute Gasteiger partial charge is 0.460 e. The highest BCUT2D eigenvalue weighted by atomic mass is 31.2. The predicted octanol–water partition coefficient (Wildman–Crippen LogP) is 2.11. The van der Waals surface area contributed by atoms with E-state index in [1.165, 1.54) is 13.8 Å². The lowest BCUT2D eigenvalue weighted by molar-refractivity contribution is -0.140. The molecule has 148 valence electrons. The quantitative estimate of drug-likeness (QED) is 0.229. The summed E-state index contributed by atoms with van der Waals surface area (Å²) in [5.74, 6) is -1.30. The molecule has 0 atom stereocenters. The van der Waals surface area contributed by atoms with Crippen molar-refractivity contribution in [1.29, 1.82) is 0 Å². The Labute approximate surface area is 152 Å². The van der Waals surface area contributed by atoms with Crippen LogP contribution in [-0.4, -0.2) is 51.0 Å². The van der Waals surface area contributed by atoms with Gasteiger partial charge in [0.15, 0.2) is 0 Å². The number of nitrogens with one attached hydrogen (secondary N) is 1. The molecule has 0 saturated heterocycles. The largest absolute Gasteiger partial charge is 0.533 e. The van der Waals surface area contributed by atoms with Crippen molar-refractivity contribution in [2.24, 2.45) is 0 Å². The summed E-state index contributed by atoms with van der Waals surface area (Å²) in [7, 11) is -4.31. The van der Waals surface area contributed by atoms with Crippen molar-refractivity contribution in [3.05, 3.63) is 24.3 Å². The molecule has 0 unspecified atom stereocenters. The molecule has 0 aliphatic carbocycles. The molecule has 0 saturated carbocycles. The molecule has 1 amide bonds. The second kappa shape index (κ2) is 12.2. The van der Waals surface area contributed by atoms with Crippen LogP contribution in [0.4, 0.5) is 4.79 Å². The van der Waals surface area contributed by atoms with Crippen LogP contribution in [0.1, 0.15) is 20.8 Å². The van der Waals surface area contributed by atoms with Gasteiger partial charge in [-0.05, 0) is 20.8 Å². The number of hydrogen-bond acceptors (Lipinski definition) is 9. The second-order valence-corrected chi connectivity index (χ2v) is 6.45. The summed E-state index contributed by atoms with van der Waals surface area (Å²) >= 11 is 0. The fourth-order valence-corrected chi connectivity index (χ4v) is 2.23. The first-order valence-corrected chi connectivity index (χ1v) is 9.09. The van der Waals surface area contributed by atoms with Gasteiger partial charge in [0.2, 0.25) is 0 Å². The maximum Gasteiger partial charge on any atom is 0.533 e. The number of phosphoric ester groups is 1. The minimum absolute atomic E-state index is 0.183. The van der Waals surface area contributed by atoms with Gasteiger partial charge in [0, 0.05) is 17.7 Å². The van der Waals surface area contributed by atoms with Crippen LogP contribution < -0.4 is 5.32 Å². The number of rotatable bonds is 12. The van der Waals surface area contributed by atoms with Gasteiger partial charge in [-0.3, -0.25) is 9.05 Å². The standard InChI is InChI=1S/C15H24NO9P/c1-6-16-15(19)25-26(20,23-9-7-21-13(17)11(2)3)24-10-8-22-14(18)12(4)5/h2,4,6-10H2,1,3,5H3,(H,16,19). The third kappa shape index (κ3) is 10.7. The zero-order valence-corrected chi connectivity index (χ0v) is 16.0. The molecule has 0 radical (unpaired) electrons. The van der Waals surface area contributed by atoms with Crippen LogP contribution in [0.3, 0.4) is 0 Å². The monoisotopic (exact) mass is 393 g/mol. The Balaban J connectivity index is 4.55. The van der Waals surface area contributed by atoms with Crippen molar-refractivity contribution < 1.29 is 42.0 Å². The average molecular weight is 393 g/mol. The lowest BCUT2D eigenvalue weighted by atomic mass is 10.4. The van der Waals surface area contributed by atoms with E-state index >= 15 is 0 Å². The zero-order valence-electron chi connectivity index (χ0n) is 15.1. The molecule has 0 spiro atoms. The molecule has 0 aromatic heterocycles. The average Bonchev–Trinajstić information content (AvgIpc) is 2.55. The molecule has 10 nitrogen and oxygen atoms in total. The highest BCUT2D eigenvalue weighted by molar-refractivity contribution is 7.49. The third-order valence-electron chi connectivity index (χ3n) is 2.34. The Kier molecular flexibility index (Phi) is 11.2. The Morgan fingerprint density at radius 1 is 0.885 bits per heavy atom. The Hall–Kier alpha value is -2.16. The molecular weight excluding hydrogens is 369 g/mol. The summed E-state index contributed by atoms with van der Waals surface area (Å²) in [4.78, 5) is 33.9. The van der Waals surface area contributed by atoms with Gasteiger partial charge < -0.3 is 19.3 Å². The topological polar surface area (TPSA) is 126 Å². The van der Waals surface area contributed by atoms with Gasteiger partial charge in [0.1, 0.15) is 13.2 Å². The minimum atomic E-state index is -4.31. The zero-order chi connectivity index (χ0) is 20.2. The lowest BCUT2D eigenvalue weighted by Crippen LogP contribution is -2.24. The summed E-state index contributed by atoms with van der Waals surface area (Å²) in [5, 5.41) is 2.26. The molecule has 0 rings (SSSR count). The second-order valence-electron chi connectivity index (χ2n) is 4.86. The first-order valence-electron chi connectivity index (χ1n) is 7.63. The van der Waals surface area contributed by atoms with E-state index in [9.17, 15) is 18.9 Å². The van der Waals surface area contributed by atoms with Crippen LogP contribution in [0.15, 0.2) is 24.3 Å². The number of carbonyl (C=O) groups is 3. The summed E-state index contributed by atoms with van der Waals surface area (Å²) in [6.07, 6.45) is -1.02. The molecule has 0 aromatic carbocycles. The highest BCUT2D eigenvalue weighted by Gasteiger charge is 2.31. The van der Waals surface area contributed by atoms with Crippen molar-refractivity contribution in [3.63, 3.8) is 0 Å². The van der Waals surface area contributed by atoms with E-state index in [0.717, 1.165) is 0 Å². The van der Waals surface area contributed by atoms with E-state index in [4.69, 9.17) is 18.5 Å². The molecule has 1 N–H and O–H groups in total. The fourth-order valence-electron chi connectivity index (χ4n) is 1.18. The number of hydrogen-bond donors (Lipinski definition) is 1. The van der Waals surface area contributed by atoms with Crippen molar-refractivity contribution in [2.45, 2.75) is 20.8 Å². The summed E-state index contributed by atoms with van der Waals surface area (Å²) in [6, 6.07) is 0. The van der Waals surface area contributed by atoms with Crippen LogP contribution in [0.25, 0.3) is 0 Å². The Morgan fingerprint density at radius 2 is 1.31 bits per heavy atom. The normalized spacial score (nSPS) is 10.6. The van der Waals surface area contributed by atoms with E-state index in [-0.39, 0.29) is 44.1 Å². The van der Waals surface area contributed by atoms with Gasteiger partial charge in [0.05, 0.1) is 13.2 Å². The van der Waals surface area contributed by atoms with E-state index in [0.29, 0.717) is 0 Å². The molecule has 0 aromatic rings. The maximum absolute atomic E-state index is 12.4. The molecule has 26 heavy (non-hydrogen) atoms. The van der Waals surface area contributed by atoms with Gasteiger partial charge >= 0.3 is 25.9 Å². The van der Waals surface area contributed by atoms with E-state index < -0.39 is 25.9 Å². The molecule has 0 aliphatic heterocycles. The number of amides is 1. The number of esters is 2. The van der Waals surface area contributed by atoms with E-state index in [1.807, 2.05) is 0 Å². The summed E-state index contributed by atoms with van der Waals surface area (Å²) in [6.45, 7) is 10.3. The van der Waals surface area contributed by atoms with Gasteiger partial charge in [-0.1, -0.05) is 13.2 Å². The van der Waals surface area contributed by atoms with Crippen molar-refractivity contribution in [2.75, 3.05) is 33.0 Å². The van der Waals surface area contributed by atoms with Gasteiger partial charge in [-0.2, -0.15) is 0 Å². The van der Waals surface area contributed by atoms with E-state index in [2.05, 4.69) is 23.0 Å². The molecule has 0 heterocycles. The van der Waals surface area contributed by atoms with Crippen LogP contribution in [0, 0.1) is 0 Å². The first-order chi connectivity index (χ1) is 12.1. The summed E-state index contributed by atoms with van der Waals surface area (Å²) in [5.41, 5.74) is 0.365. The van der Waals surface area contributed by atoms with Crippen LogP contribution in [0.2, 0.25) is 0 Å². The minimum Gasteiger partial charge on any atom is -0.460 e. The van der Waals surface area contributed by atoms with Gasteiger partial charge in [-0.15, -0.1) is 0 Å². The van der Waals surface area contributed by atoms with Crippen molar-refractivity contribution in [3.8, 4) is 0 Å². The van der Waals surface area contributed by atoms with Crippen molar-refractivity contribution in [1.82, 2.24) is 5.32 Å². The molecule has 11 heteroatoms. The Morgan fingerprint density at radius 3 is 1.65 bits per heavy atom. The SMILES string of the molecule is C=C(C)C(=O)OCCOP(=O)(OCCOC(=O)C(=C)C)OC(=O)NCC. The van der Waals surface area contributed by atoms with Gasteiger partial charge in [-0.25, -0.2) is 18.9 Å². The maximum atomic E-state index is 12.4. The van der Waals surface area contributed by atoms with Gasteiger partial charge in [0.25, 0.3) is 0 Å².